The summed E-state index contributed by atoms with van der Waals surface area (Å²) in [7, 11) is 2.19. The highest BCUT2D eigenvalue weighted by atomic mass is 16.1. The van der Waals surface area contributed by atoms with Gasteiger partial charge in [-0.3, -0.25) is 4.79 Å². The molecule has 1 aliphatic heterocycles. The molecule has 0 amide bonds. The molecule has 2 aromatic rings. The number of quaternary nitrogens is 1. The lowest BCUT2D eigenvalue weighted by Gasteiger charge is -2.38. The fraction of sp³-hybridized carbons (Fsp3) is 0.278. The van der Waals surface area contributed by atoms with Gasteiger partial charge in [0.05, 0.1) is 13.6 Å². The predicted molar refractivity (Wildman–Crippen MR) is 80.5 cm³/mol. The lowest BCUT2D eigenvalue weighted by molar-refractivity contribution is -0.916. The third-order valence-electron chi connectivity index (χ3n) is 4.21. The van der Waals surface area contributed by atoms with Crippen LogP contribution in [0.5, 0.6) is 0 Å². The molecule has 0 unspecified atom stereocenters. The van der Waals surface area contributed by atoms with Gasteiger partial charge in [0.25, 0.3) is 0 Å². The Balaban J connectivity index is 1.77. The van der Waals surface area contributed by atoms with Crippen LogP contribution in [0.2, 0.25) is 0 Å². The second-order valence-corrected chi connectivity index (χ2v) is 5.97. The Bertz CT molecular complexity index is 620. The largest absolute Gasteiger partial charge is 0.316 e. The van der Waals surface area contributed by atoms with Crippen LogP contribution in [0.15, 0.2) is 54.6 Å². The molecule has 1 atom stereocenters. The first-order valence-electron chi connectivity index (χ1n) is 7.15. The van der Waals surface area contributed by atoms with Crippen molar-refractivity contribution in [2.24, 2.45) is 0 Å². The summed E-state index contributed by atoms with van der Waals surface area (Å²) in [5, 5.41) is 0. The average molecular weight is 266 g/mol. The first-order chi connectivity index (χ1) is 9.66. The van der Waals surface area contributed by atoms with E-state index in [-0.39, 0.29) is 5.78 Å². The lowest BCUT2D eigenvalue weighted by Crippen LogP contribution is -2.50. The molecule has 0 fully saturated rings. The molecule has 0 spiro atoms. The van der Waals surface area contributed by atoms with Crippen molar-refractivity contribution in [3.05, 3.63) is 71.3 Å². The number of rotatable bonds is 3. The van der Waals surface area contributed by atoms with E-state index in [9.17, 15) is 4.79 Å². The minimum atomic E-state index is 0.243. The molecule has 3 rings (SSSR count). The van der Waals surface area contributed by atoms with Crippen molar-refractivity contribution in [2.75, 3.05) is 20.1 Å². The molecule has 0 bridgehead atoms. The zero-order valence-corrected chi connectivity index (χ0v) is 11.9. The topological polar surface area (TPSA) is 17.1 Å². The van der Waals surface area contributed by atoms with Crippen LogP contribution in [0.4, 0.5) is 0 Å². The van der Waals surface area contributed by atoms with Crippen molar-refractivity contribution >= 4 is 5.78 Å². The number of carbonyl (C=O) groups is 1. The van der Waals surface area contributed by atoms with Crippen LogP contribution in [0, 0.1) is 0 Å². The molecule has 0 saturated heterocycles. The molecule has 2 nitrogen and oxygen atoms in total. The van der Waals surface area contributed by atoms with Crippen molar-refractivity contribution < 1.29 is 9.28 Å². The van der Waals surface area contributed by atoms with E-state index < -0.39 is 0 Å². The van der Waals surface area contributed by atoms with Gasteiger partial charge in [-0.15, -0.1) is 0 Å². The number of benzene rings is 2. The summed E-state index contributed by atoms with van der Waals surface area (Å²) in [6.45, 7) is 2.57. The Morgan fingerprint density at radius 3 is 2.40 bits per heavy atom. The van der Waals surface area contributed by atoms with Gasteiger partial charge in [0.1, 0.15) is 13.1 Å². The lowest BCUT2D eigenvalue weighted by atomic mass is 9.97. The SMILES string of the molecule is C[N@+]1(CC(=O)c2ccccc2)CCc2ccccc2C1. The third kappa shape index (κ3) is 2.66. The van der Waals surface area contributed by atoms with Gasteiger partial charge >= 0.3 is 0 Å². The molecule has 1 aliphatic rings. The molecule has 2 heteroatoms. The Labute approximate surface area is 120 Å². The highest BCUT2D eigenvalue weighted by molar-refractivity contribution is 5.96. The van der Waals surface area contributed by atoms with E-state index in [0.717, 1.165) is 29.6 Å². The summed E-state index contributed by atoms with van der Waals surface area (Å²) >= 11 is 0. The first-order valence-corrected chi connectivity index (χ1v) is 7.15. The summed E-state index contributed by atoms with van der Waals surface area (Å²) in [6, 6.07) is 18.2. The normalized spacial score (nSPS) is 21.2. The molecular formula is C18H20NO+. The van der Waals surface area contributed by atoms with Crippen LogP contribution < -0.4 is 0 Å². The Morgan fingerprint density at radius 2 is 1.65 bits per heavy atom. The Morgan fingerprint density at radius 1 is 1.00 bits per heavy atom. The maximum absolute atomic E-state index is 12.4. The fourth-order valence-electron chi connectivity index (χ4n) is 3.03. The zero-order chi connectivity index (χ0) is 14.0. The summed E-state index contributed by atoms with van der Waals surface area (Å²) < 4.78 is 0.810. The highest BCUT2D eigenvalue weighted by Crippen LogP contribution is 2.23. The van der Waals surface area contributed by atoms with E-state index in [1.54, 1.807) is 0 Å². The standard InChI is InChI=1S/C18H20NO/c1-19(14-18(20)16-8-3-2-4-9-16)12-11-15-7-5-6-10-17(15)13-19/h2-10H,11-14H2,1H3/q+1/t19-/m0/s1. The van der Waals surface area contributed by atoms with Crippen LogP contribution >= 0.6 is 0 Å². The smallest absolute Gasteiger partial charge is 0.216 e. The van der Waals surface area contributed by atoms with E-state index >= 15 is 0 Å². The van der Waals surface area contributed by atoms with Gasteiger partial charge in [-0.1, -0.05) is 54.6 Å². The maximum Gasteiger partial charge on any atom is 0.216 e. The molecule has 0 saturated carbocycles. The highest BCUT2D eigenvalue weighted by Gasteiger charge is 2.30. The summed E-state index contributed by atoms with van der Waals surface area (Å²) in [5.41, 5.74) is 3.66. The van der Waals surface area contributed by atoms with Gasteiger partial charge in [-0.2, -0.15) is 0 Å². The van der Waals surface area contributed by atoms with Crippen LogP contribution in [-0.4, -0.2) is 30.4 Å². The fourth-order valence-corrected chi connectivity index (χ4v) is 3.03. The van der Waals surface area contributed by atoms with Gasteiger partial charge in [-0.25, -0.2) is 0 Å². The maximum atomic E-state index is 12.4. The molecule has 102 valence electrons. The summed E-state index contributed by atoms with van der Waals surface area (Å²) in [6.07, 6.45) is 1.06. The molecule has 0 aromatic heterocycles. The van der Waals surface area contributed by atoms with Crippen LogP contribution in [0.1, 0.15) is 21.5 Å². The number of carbonyl (C=O) groups excluding carboxylic acids is 1. The van der Waals surface area contributed by atoms with Crippen LogP contribution in [0.3, 0.4) is 0 Å². The second kappa shape index (κ2) is 5.22. The average Bonchev–Trinajstić information content (AvgIpc) is 2.47. The monoisotopic (exact) mass is 266 g/mol. The second-order valence-electron chi connectivity index (χ2n) is 5.97. The molecule has 20 heavy (non-hydrogen) atoms. The van der Waals surface area contributed by atoms with Crippen LogP contribution in [0.25, 0.3) is 0 Å². The van der Waals surface area contributed by atoms with E-state index in [4.69, 9.17) is 0 Å². The zero-order valence-electron chi connectivity index (χ0n) is 11.9. The number of hydrogen-bond acceptors (Lipinski definition) is 1. The van der Waals surface area contributed by atoms with Crippen molar-refractivity contribution in [1.29, 1.82) is 0 Å². The molecule has 1 heterocycles. The van der Waals surface area contributed by atoms with Crippen molar-refractivity contribution in [2.45, 2.75) is 13.0 Å². The quantitative estimate of drug-likeness (QED) is 0.616. The summed E-state index contributed by atoms with van der Waals surface area (Å²) in [5.74, 6) is 0.243. The van der Waals surface area contributed by atoms with E-state index in [1.807, 2.05) is 30.3 Å². The van der Waals surface area contributed by atoms with E-state index in [1.165, 1.54) is 11.1 Å². The number of hydrogen-bond donors (Lipinski definition) is 0. The Kier molecular flexibility index (Phi) is 3.41. The summed E-state index contributed by atoms with van der Waals surface area (Å²) in [4.78, 5) is 12.4. The molecule has 2 aromatic carbocycles. The minimum Gasteiger partial charge on any atom is -0.316 e. The van der Waals surface area contributed by atoms with Gasteiger partial charge in [0.2, 0.25) is 5.78 Å². The third-order valence-corrected chi connectivity index (χ3v) is 4.21. The molecule has 0 N–H and O–H groups in total. The number of fused-ring (bicyclic) bond motifs is 1. The van der Waals surface area contributed by atoms with Crippen molar-refractivity contribution in [3.8, 4) is 0 Å². The number of likely N-dealkylation sites (N-methyl/N-ethyl adjacent to an activating group) is 1. The predicted octanol–water partition coefficient (Wildman–Crippen LogP) is 3.07. The molecular weight excluding hydrogens is 246 g/mol. The Hall–Kier alpha value is -1.93. The number of ketones is 1. The van der Waals surface area contributed by atoms with E-state index in [2.05, 4.69) is 31.3 Å². The first kappa shape index (κ1) is 13.1. The van der Waals surface area contributed by atoms with Crippen LogP contribution in [-0.2, 0) is 13.0 Å². The molecule has 0 aliphatic carbocycles. The van der Waals surface area contributed by atoms with Crippen molar-refractivity contribution in [1.82, 2.24) is 0 Å². The van der Waals surface area contributed by atoms with E-state index in [0.29, 0.717) is 6.54 Å². The van der Waals surface area contributed by atoms with Gasteiger partial charge in [0, 0.05) is 17.5 Å². The number of Topliss-reactive ketones (excluding diaryl/α,β-unsaturated/α-hetero) is 1. The van der Waals surface area contributed by atoms with Gasteiger partial charge in [0.15, 0.2) is 0 Å². The molecule has 0 radical (unpaired) electrons. The van der Waals surface area contributed by atoms with Gasteiger partial charge < -0.3 is 4.48 Å². The van der Waals surface area contributed by atoms with Crippen molar-refractivity contribution in [3.63, 3.8) is 0 Å². The van der Waals surface area contributed by atoms with Gasteiger partial charge in [-0.05, 0) is 5.56 Å². The minimum absolute atomic E-state index is 0.243. The number of nitrogens with zero attached hydrogens (tertiary/aromatic N) is 1.